The number of aryl methyl sites for hydroxylation is 1. The van der Waals surface area contributed by atoms with E-state index in [0.717, 1.165) is 5.56 Å². The maximum atomic E-state index is 14.0. The minimum Gasteiger partial charge on any atom is -0.458 e. The van der Waals surface area contributed by atoms with Gasteiger partial charge < -0.3 is 19.7 Å². The molecular weight excluding hydrogens is 522 g/mol. The van der Waals surface area contributed by atoms with Crippen LogP contribution in [0.15, 0.2) is 53.4 Å². The predicted octanol–water partition coefficient (Wildman–Crippen LogP) is 3.28. The van der Waals surface area contributed by atoms with E-state index in [1.54, 1.807) is 71.3 Å². The highest BCUT2D eigenvalue weighted by atomic mass is 32.2. The highest BCUT2D eigenvalue weighted by Gasteiger charge is 2.44. The van der Waals surface area contributed by atoms with E-state index in [-0.39, 0.29) is 17.1 Å². The van der Waals surface area contributed by atoms with Gasteiger partial charge in [0, 0.05) is 20.5 Å². The molecule has 2 amide bonds. The molecule has 1 aliphatic rings. The number of benzene rings is 2. The average molecular weight is 560 g/mol. The molecule has 2 aromatic rings. The molecule has 1 heterocycles. The van der Waals surface area contributed by atoms with Gasteiger partial charge in [-0.3, -0.25) is 4.79 Å². The van der Waals surface area contributed by atoms with Crippen molar-refractivity contribution in [3.63, 3.8) is 0 Å². The largest absolute Gasteiger partial charge is 0.458 e. The van der Waals surface area contributed by atoms with Gasteiger partial charge >= 0.3 is 12.1 Å². The molecule has 1 aliphatic heterocycles. The summed E-state index contributed by atoms with van der Waals surface area (Å²) in [5.41, 5.74) is 0.475. The van der Waals surface area contributed by atoms with Crippen molar-refractivity contribution in [1.29, 1.82) is 0 Å². The first-order chi connectivity index (χ1) is 18.2. The minimum absolute atomic E-state index is 0.0982. The van der Waals surface area contributed by atoms with E-state index in [0.29, 0.717) is 29.3 Å². The molecule has 0 spiro atoms. The molecule has 0 bridgehead atoms. The van der Waals surface area contributed by atoms with Gasteiger partial charge in [0.25, 0.3) is 15.9 Å². The van der Waals surface area contributed by atoms with E-state index in [1.165, 1.54) is 17.0 Å². The van der Waals surface area contributed by atoms with Crippen LogP contribution in [0.2, 0.25) is 0 Å². The molecule has 0 saturated carbocycles. The lowest BCUT2D eigenvalue weighted by molar-refractivity contribution is -0.162. The Kier molecular flexibility index (Phi) is 9.39. The summed E-state index contributed by atoms with van der Waals surface area (Å²) in [6, 6.07) is 10.2. The first kappa shape index (κ1) is 30.1. The van der Waals surface area contributed by atoms with Crippen molar-refractivity contribution in [1.82, 2.24) is 14.5 Å². The Balaban J connectivity index is 2.06. The zero-order valence-electron chi connectivity index (χ0n) is 23.3. The van der Waals surface area contributed by atoms with Crippen molar-refractivity contribution in [3.8, 4) is 5.75 Å². The molecule has 0 radical (unpaired) electrons. The average Bonchev–Trinajstić information content (AvgIpc) is 3.39. The summed E-state index contributed by atoms with van der Waals surface area (Å²) in [6.07, 6.45) is 0.463. The number of amides is 2. The topological polar surface area (TPSA) is 122 Å². The maximum Gasteiger partial charge on any atom is 0.414 e. The fourth-order valence-electron chi connectivity index (χ4n) is 4.05. The van der Waals surface area contributed by atoms with Crippen molar-refractivity contribution in [2.45, 2.75) is 69.5 Å². The van der Waals surface area contributed by atoms with Crippen LogP contribution in [0.4, 0.5) is 4.79 Å². The van der Waals surface area contributed by atoms with Crippen LogP contribution in [0.5, 0.6) is 5.75 Å². The van der Waals surface area contributed by atoms with Crippen molar-refractivity contribution >= 4 is 28.0 Å². The van der Waals surface area contributed by atoms with E-state index in [2.05, 4.69) is 5.32 Å². The van der Waals surface area contributed by atoms with Gasteiger partial charge in [0.2, 0.25) is 0 Å². The van der Waals surface area contributed by atoms with E-state index in [1.807, 2.05) is 6.92 Å². The molecule has 3 rings (SSSR count). The van der Waals surface area contributed by atoms with Gasteiger partial charge in [-0.25, -0.2) is 22.3 Å². The molecule has 2 atom stereocenters. The zero-order chi connectivity index (χ0) is 29.0. The van der Waals surface area contributed by atoms with E-state index < -0.39 is 45.7 Å². The maximum absolute atomic E-state index is 14.0. The number of carbonyl (C=O) groups excluding carboxylic acids is 3. The monoisotopic (exact) mass is 559 g/mol. The third-order valence-corrected chi connectivity index (χ3v) is 7.86. The first-order valence-corrected chi connectivity index (χ1v) is 14.2. The predicted molar refractivity (Wildman–Crippen MR) is 146 cm³/mol. The number of sulfonamides is 1. The first-order valence-electron chi connectivity index (χ1n) is 12.8. The number of nitrogens with zero attached hydrogens (tertiary/aromatic N) is 2. The summed E-state index contributed by atoms with van der Waals surface area (Å²) in [4.78, 5) is 40.4. The van der Waals surface area contributed by atoms with Crippen LogP contribution in [0, 0.1) is 6.92 Å². The quantitative estimate of drug-likeness (QED) is 0.489. The lowest BCUT2D eigenvalue weighted by Gasteiger charge is -2.33. The second-order valence-electron chi connectivity index (χ2n) is 10.8. The van der Waals surface area contributed by atoms with E-state index in [4.69, 9.17) is 9.47 Å². The Hall–Kier alpha value is -3.44. The van der Waals surface area contributed by atoms with Crippen LogP contribution in [0.25, 0.3) is 0 Å². The summed E-state index contributed by atoms with van der Waals surface area (Å²) >= 11 is 0. The van der Waals surface area contributed by atoms with E-state index >= 15 is 0 Å². The smallest absolute Gasteiger partial charge is 0.414 e. The fraction of sp³-hybridized carbons (Fsp3) is 0.464. The lowest BCUT2D eigenvalue weighted by Crippen LogP contribution is -2.55. The number of carbonyl (C=O) groups is 3. The highest BCUT2D eigenvalue weighted by molar-refractivity contribution is 7.89. The molecule has 1 saturated heterocycles. The Morgan fingerprint density at radius 2 is 1.64 bits per heavy atom. The zero-order valence-corrected chi connectivity index (χ0v) is 24.1. The third kappa shape index (κ3) is 7.79. The molecule has 212 valence electrons. The third-order valence-electron chi connectivity index (χ3n) is 6.04. The Labute approximate surface area is 230 Å². The highest BCUT2D eigenvalue weighted by Crippen LogP contribution is 2.26. The lowest BCUT2D eigenvalue weighted by atomic mass is 10.0. The van der Waals surface area contributed by atoms with Crippen LogP contribution in [-0.2, 0) is 30.8 Å². The van der Waals surface area contributed by atoms with Gasteiger partial charge in [0.15, 0.2) is 0 Å². The number of ether oxygens (including phenoxy) is 2. The number of hydrogen-bond acceptors (Lipinski definition) is 8. The molecule has 11 heteroatoms. The Morgan fingerprint density at radius 3 is 2.15 bits per heavy atom. The van der Waals surface area contributed by atoms with Crippen LogP contribution in [0.1, 0.15) is 44.7 Å². The van der Waals surface area contributed by atoms with Crippen LogP contribution in [-0.4, -0.2) is 73.9 Å². The minimum atomic E-state index is -4.44. The SMILES string of the molecule is Cc1ccc(S(=O)(=O)N(C(=O)[C@@H]2CCCN2)[C@H](Cc2ccc(OC(=O)N(C)C)cc2)C(=O)OC(C)(C)C)cc1. The van der Waals surface area contributed by atoms with Crippen molar-refractivity contribution < 1.29 is 32.3 Å². The van der Waals surface area contributed by atoms with Gasteiger partial charge in [-0.1, -0.05) is 29.8 Å². The van der Waals surface area contributed by atoms with Gasteiger partial charge in [-0.15, -0.1) is 0 Å². The molecule has 0 aliphatic carbocycles. The summed E-state index contributed by atoms with van der Waals surface area (Å²) in [7, 11) is -1.33. The summed E-state index contributed by atoms with van der Waals surface area (Å²) in [6.45, 7) is 7.42. The Bertz CT molecular complexity index is 1280. The number of rotatable bonds is 8. The number of nitrogens with one attached hydrogen (secondary N) is 1. The molecule has 0 aromatic heterocycles. The molecule has 0 unspecified atom stereocenters. The summed E-state index contributed by atoms with van der Waals surface area (Å²) in [5, 5.41) is 3.05. The molecule has 39 heavy (non-hydrogen) atoms. The molecule has 2 aromatic carbocycles. The fourth-order valence-corrected chi connectivity index (χ4v) is 5.62. The van der Waals surface area contributed by atoms with E-state index in [9.17, 15) is 22.8 Å². The molecule has 1 fully saturated rings. The van der Waals surface area contributed by atoms with Crippen molar-refractivity contribution in [3.05, 3.63) is 59.7 Å². The van der Waals surface area contributed by atoms with Gasteiger partial charge in [-0.05, 0) is 76.9 Å². The van der Waals surface area contributed by atoms with Crippen LogP contribution >= 0.6 is 0 Å². The van der Waals surface area contributed by atoms with Gasteiger partial charge in [0.05, 0.1) is 10.9 Å². The number of hydrogen-bond donors (Lipinski definition) is 1. The standard InChI is InChI=1S/C28H37N3O7S/c1-19-9-15-22(16-10-19)39(35,36)31(25(32)23-8-7-17-29-23)24(26(33)38-28(2,3)4)18-20-11-13-21(14-12-20)37-27(34)30(5)6/h9-16,23-24,29H,7-8,17-18H2,1-6H3/t23-,24+/m0/s1. The van der Waals surface area contributed by atoms with Gasteiger partial charge in [-0.2, -0.15) is 0 Å². The second-order valence-corrected chi connectivity index (χ2v) is 12.6. The number of esters is 1. The Morgan fingerprint density at radius 1 is 1.03 bits per heavy atom. The molecular formula is C28H37N3O7S. The summed E-state index contributed by atoms with van der Waals surface area (Å²) < 4.78 is 39.5. The van der Waals surface area contributed by atoms with Crippen molar-refractivity contribution in [2.24, 2.45) is 0 Å². The second kappa shape index (κ2) is 12.2. The van der Waals surface area contributed by atoms with Crippen LogP contribution < -0.4 is 10.1 Å². The summed E-state index contributed by atoms with van der Waals surface area (Å²) in [5.74, 6) is -1.27. The molecule has 1 N–H and O–H groups in total. The molecule has 10 nitrogen and oxygen atoms in total. The normalized spacial score (nSPS) is 16.3. The van der Waals surface area contributed by atoms with Crippen molar-refractivity contribution in [2.75, 3.05) is 20.6 Å². The van der Waals surface area contributed by atoms with Crippen LogP contribution in [0.3, 0.4) is 0 Å². The van der Waals surface area contributed by atoms with Gasteiger partial charge in [0.1, 0.15) is 17.4 Å².